The van der Waals surface area contributed by atoms with Gasteiger partial charge in [-0.1, -0.05) is 19.1 Å². The van der Waals surface area contributed by atoms with Gasteiger partial charge in [-0.2, -0.15) is 0 Å². The summed E-state index contributed by atoms with van der Waals surface area (Å²) in [6.45, 7) is 10.2. The molecule has 2 rings (SSSR count). The van der Waals surface area contributed by atoms with E-state index in [9.17, 15) is 0 Å². The third-order valence-corrected chi connectivity index (χ3v) is 3.78. The Morgan fingerprint density at radius 1 is 1.53 bits per heavy atom. The third-order valence-electron chi connectivity index (χ3n) is 3.78. The minimum absolute atomic E-state index is 0.166. The predicted molar refractivity (Wildman–Crippen MR) is 66.9 cm³/mol. The number of nitrogens with one attached hydrogen (secondary N) is 1. The Morgan fingerprint density at radius 2 is 2.29 bits per heavy atom. The van der Waals surface area contributed by atoms with Gasteiger partial charge in [0.15, 0.2) is 0 Å². The number of hydrogen-bond donors (Lipinski definition) is 1. The Hall–Kier alpha value is -1.10. The van der Waals surface area contributed by atoms with Gasteiger partial charge in [-0.05, 0) is 20.3 Å². The summed E-state index contributed by atoms with van der Waals surface area (Å²) in [7, 11) is 0. The normalized spacial score (nSPS) is 26.6. The molecule has 0 radical (unpaired) electrons. The van der Waals surface area contributed by atoms with Crippen LogP contribution in [0.2, 0.25) is 0 Å². The van der Waals surface area contributed by atoms with Gasteiger partial charge in [0.25, 0.3) is 0 Å². The zero-order chi connectivity index (χ0) is 12.5. The van der Waals surface area contributed by atoms with Crippen molar-refractivity contribution in [1.82, 2.24) is 15.0 Å². The first kappa shape index (κ1) is 12.4. The second kappa shape index (κ2) is 4.64. The third kappa shape index (κ3) is 2.16. The Labute approximate surface area is 103 Å². The Morgan fingerprint density at radius 3 is 2.88 bits per heavy atom. The zero-order valence-corrected chi connectivity index (χ0v) is 11.1. The Kier molecular flexibility index (Phi) is 3.38. The summed E-state index contributed by atoms with van der Waals surface area (Å²) in [6.07, 6.45) is 3.19. The molecule has 5 nitrogen and oxygen atoms in total. The van der Waals surface area contributed by atoms with E-state index in [0.29, 0.717) is 12.1 Å². The maximum atomic E-state index is 5.72. The van der Waals surface area contributed by atoms with Crippen molar-refractivity contribution in [1.29, 1.82) is 0 Å². The molecule has 5 heteroatoms. The molecule has 1 heterocycles. The fourth-order valence-corrected chi connectivity index (χ4v) is 2.40. The number of aromatic nitrogens is 3. The van der Waals surface area contributed by atoms with Gasteiger partial charge in [0.05, 0.1) is 12.3 Å². The molecule has 1 N–H and O–H groups in total. The van der Waals surface area contributed by atoms with Crippen molar-refractivity contribution in [3.63, 3.8) is 0 Å². The standard InChI is InChI=1S/C12H22N4O/c1-5-16-11(8-13-15-16)14-9-7-10(17-6-2)12(9,3)4/h8-10,14H,5-7H2,1-4H3. The molecule has 0 amide bonds. The number of rotatable bonds is 5. The topological polar surface area (TPSA) is 52.0 Å². The second-order valence-electron chi connectivity index (χ2n) is 5.13. The smallest absolute Gasteiger partial charge is 0.145 e. The number of hydrogen-bond acceptors (Lipinski definition) is 4. The lowest BCUT2D eigenvalue weighted by Crippen LogP contribution is -2.58. The van der Waals surface area contributed by atoms with E-state index < -0.39 is 0 Å². The van der Waals surface area contributed by atoms with Crippen molar-refractivity contribution in [2.75, 3.05) is 11.9 Å². The van der Waals surface area contributed by atoms with Crippen molar-refractivity contribution < 1.29 is 4.74 Å². The highest BCUT2D eigenvalue weighted by Crippen LogP contribution is 2.44. The largest absolute Gasteiger partial charge is 0.378 e. The van der Waals surface area contributed by atoms with E-state index in [0.717, 1.165) is 25.4 Å². The van der Waals surface area contributed by atoms with Crippen LogP contribution in [0.15, 0.2) is 6.20 Å². The highest BCUT2D eigenvalue weighted by Gasteiger charge is 2.49. The highest BCUT2D eigenvalue weighted by atomic mass is 16.5. The molecule has 1 fully saturated rings. The van der Waals surface area contributed by atoms with Gasteiger partial charge < -0.3 is 10.1 Å². The first-order valence-corrected chi connectivity index (χ1v) is 6.36. The van der Waals surface area contributed by atoms with E-state index in [1.54, 1.807) is 6.20 Å². The molecule has 2 atom stereocenters. The molecule has 0 bridgehead atoms. The second-order valence-corrected chi connectivity index (χ2v) is 5.13. The maximum Gasteiger partial charge on any atom is 0.145 e. The van der Waals surface area contributed by atoms with Gasteiger partial charge in [-0.15, -0.1) is 5.10 Å². The van der Waals surface area contributed by atoms with E-state index >= 15 is 0 Å². The van der Waals surface area contributed by atoms with Crippen molar-refractivity contribution in [3.05, 3.63) is 6.20 Å². The number of ether oxygens (including phenoxy) is 1. The fraction of sp³-hybridized carbons (Fsp3) is 0.833. The first-order valence-electron chi connectivity index (χ1n) is 6.36. The number of anilines is 1. The average Bonchev–Trinajstić information content (AvgIpc) is 2.75. The van der Waals surface area contributed by atoms with Crippen LogP contribution in [0.1, 0.15) is 34.1 Å². The summed E-state index contributed by atoms with van der Waals surface area (Å²) in [5.41, 5.74) is 0.166. The lowest BCUT2D eigenvalue weighted by molar-refractivity contribution is -0.0977. The van der Waals surface area contributed by atoms with E-state index in [4.69, 9.17) is 4.74 Å². The molecule has 0 saturated heterocycles. The minimum atomic E-state index is 0.166. The van der Waals surface area contributed by atoms with Crippen LogP contribution in [-0.2, 0) is 11.3 Å². The summed E-state index contributed by atoms with van der Waals surface area (Å²) >= 11 is 0. The van der Waals surface area contributed by atoms with E-state index in [1.165, 1.54) is 0 Å². The molecule has 96 valence electrons. The fourth-order valence-electron chi connectivity index (χ4n) is 2.40. The molecule has 1 aromatic rings. The predicted octanol–water partition coefficient (Wildman–Crippen LogP) is 1.91. The molecule has 1 saturated carbocycles. The summed E-state index contributed by atoms with van der Waals surface area (Å²) in [6, 6.07) is 0.433. The van der Waals surface area contributed by atoms with Crippen LogP contribution in [0, 0.1) is 5.41 Å². The van der Waals surface area contributed by atoms with E-state index in [1.807, 2.05) is 11.6 Å². The molecule has 2 unspecified atom stereocenters. The van der Waals surface area contributed by atoms with Gasteiger partial charge in [-0.25, -0.2) is 4.68 Å². The summed E-state index contributed by atoms with van der Waals surface area (Å²) < 4.78 is 7.60. The molecular formula is C12H22N4O. The van der Waals surface area contributed by atoms with Gasteiger partial charge in [-0.3, -0.25) is 0 Å². The van der Waals surface area contributed by atoms with Crippen molar-refractivity contribution in [2.24, 2.45) is 5.41 Å². The van der Waals surface area contributed by atoms with Gasteiger partial charge in [0, 0.05) is 24.6 Å². The highest BCUT2D eigenvalue weighted by molar-refractivity contribution is 5.35. The van der Waals surface area contributed by atoms with Gasteiger partial charge in [0.2, 0.25) is 0 Å². The summed E-state index contributed by atoms with van der Waals surface area (Å²) in [5, 5.41) is 11.5. The minimum Gasteiger partial charge on any atom is -0.378 e. The lowest BCUT2D eigenvalue weighted by atomic mass is 9.64. The molecule has 1 aliphatic rings. The summed E-state index contributed by atoms with van der Waals surface area (Å²) in [5.74, 6) is 1.00. The number of nitrogens with zero attached hydrogens (tertiary/aromatic N) is 3. The van der Waals surface area contributed by atoms with Crippen molar-refractivity contribution in [2.45, 2.75) is 52.8 Å². The zero-order valence-electron chi connectivity index (χ0n) is 11.1. The molecule has 1 aromatic heterocycles. The molecule has 0 aromatic carbocycles. The quantitative estimate of drug-likeness (QED) is 0.851. The molecule has 0 aliphatic heterocycles. The van der Waals surface area contributed by atoms with Gasteiger partial charge in [0.1, 0.15) is 5.82 Å². The molecule has 1 aliphatic carbocycles. The average molecular weight is 238 g/mol. The SMILES string of the molecule is CCOC1CC(Nc2cnnn2CC)C1(C)C. The van der Waals surface area contributed by atoms with Crippen molar-refractivity contribution in [3.8, 4) is 0 Å². The summed E-state index contributed by atoms with van der Waals surface area (Å²) in [4.78, 5) is 0. The Bertz CT molecular complexity index is 374. The van der Waals surface area contributed by atoms with E-state index in [2.05, 4.69) is 36.4 Å². The van der Waals surface area contributed by atoms with Crippen LogP contribution in [0.25, 0.3) is 0 Å². The number of aryl methyl sites for hydroxylation is 1. The van der Waals surface area contributed by atoms with Gasteiger partial charge >= 0.3 is 0 Å². The maximum absolute atomic E-state index is 5.72. The molecular weight excluding hydrogens is 216 g/mol. The molecule has 0 spiro atoms. The van der Waals surface area contributed by atoms with Crippen LogP contribution < -0.4 is 5.32 Å². The van der Waals surface area contributed by atoms with E-state index in [-0.39, 0.29) is 5.41 Å². The Balaban J connectivity index is 1.98. The van der Waals surface area contributed by atoms with Crippen LogP contribution in [0.5, 0.6) is 0 Å². The van der Waals surface area contributed by atoms with Crippen LogP contribution >= 0.6 is 0 Å². The monoisotopic (exact) mass is 238 g/mol. The van der Waals surface area contributed by atoms with Crippen molar-refractivity contribution >= 4 is 5.82 Å². The first-order chi connectivity index (χ1) is 8.09. The van der Waals surface area contributed by atoms with Crippen LogP contribution in [0.4, 0.5) is 5.82 Å². The lowest BCUT2D eigenvalue weighted by Gasteiger charge is -2.51. The van der Waals surface area contributed by atoms with Crippen LogP contribution in [0.3, 0.4) is 0 Å². The van der Waals surface area contributed by atoms with Crippen LogP contribution in [-0.4, -0.2) is 33.7 Å². The molecule has 17 heavy (non-hydrogen) atoms.